The number of piperidine rings is 1. The highest BCUT2D eigenvalue weighted by Crippen LogP contribution is 2.24. The van der Waals surface area contributed by atoms with Gasteiger partial charge in [0.25, 0.3) is 10.0 Å². The molecule has 0 bridgehead atoms. The molecule has 1 aliphatic heterocycles. The minimum atomic E-state index is -3.83. The van der Waals surface area contributed by atoms with Crippen molar-refractivity contribution < 1.29 is 16.8 Å². The van der Waals surface area contributed by atoms with Gasteiger partial charge in [-0.15, -0.1) is 0 Å². The van der Waals surface area contributed by atoms with Crippen LogP contribution in [0.25, 0.3) is 0 Å². The van der Waals surface area contributed by atoms with Crippen molar-refractivity contribution in [2.24, 2.45) is 5.92 Å². The number of hydrogen-bond acceptors (Lipinski definition) is 5. The minimum absolute atomic E-state index is 0.0191. The second-order valence-corrected chi connectivity index (χ2v) is 10.00. The monoisotopic (exact) mass is 395 g/mol. The molecule has 1 saturated heterocycles. The molecular weight excluding hydrogens is 374 g/mol. The normalized spacial score (nSPS) is 17.1. The molecule has 7 nitrogen and oxygen atoms in total. The van der Waals surface area contributed by atoms with Crippen molar-refractivity contribution in [2.45, 2.75) is 29.6 Å². The molecule has 140 valence electrons. The molecule has 1 aromatic carbocycles. The number of pyridine rings is 1. The first-order valence-corrected chi connectivity index (χ1v) is 11.3. The summed E-state index contributed by atoms with van der Waals surface area (Å²) in [5.74, 6) is 0.721. The van der Waals surface area contributed by atoms with Gasteiger partial charge in [0.05, 0.1) is 9.79 Å². The summed E-state index contributed by atoms with van der Waals surface area (Å²) in [7, 11) is -7.43. The third-order valence-corrected chi connectivity index (χ3v) is 7.70. The molecule has 26 heavy (non-hydrogen) atoms. The van der Waals surface area contributed by atoms with E-state index in [1.54, 1.807) is 12.1 Å². The van der Waals surface area contributed by atoms with Gasteiger partial charge < -0.3 is 0 Å². The van der Waals surface area contributed by atoms with Crippen molar-refractivity contribution in [3.05, 3.63) is 48.7 Å². The van der Waals surface area contributed by atoms with Crippen LogP contribution in [0, 0.1) is 5.92 Å². The third-order valence-electron chi connectivity index (χ3n) is 4.42. The summed E-state index contributed by atoms with van der Waals surface area (Å²) in [6.07, 6.45) is 3.15. The maximum Gasteiger partial charge on any atom is 0.263 e. The molecule has 3 rings (SSSR count). The number of rotatable bonds is 5. The van der Waals surface area contributed by atoms with Crippen LogP contribution in [0.4, 0.5) is 5.82 Å². The first-order valence-electron chi connectivity index (χ1n) is 8.33. The van der Waals surface area contributed by atoms with Gasteiger partial charge in [0.2, 0.25) is 10.0 Å². The molecule has 0 spiro atoms. The highest BCUT2D eigenvalue weighted by atomic mass is 32.2. The van der Waals surface area contributed by atoms with Gasteiger partial charge in [-0.25, -0.2) is 21.8 Å². The van der Waals surface area contributed by atoms with Gasteiger partial charge in [-0.2, -0.15) is 4.31 Å². The highest BCUT2D eigenvalue weighted by Gasteiger charge is 2.28. The van der Waals surface area contributed by atoms with Crippen LogP contribution in [0.2, 0.25) is 0 Å². The summed E-state index contributed by atoms with van der Waals surface area (Å²) >= 11 is 0. The largest absolute Gasteiger partial charge is 0.263 e. The Morgan fingerprint density at radius 1 is 0.962 bits per heavy atom. The summed E-state index contributed by atoms with van der Waals surface area (Å²) in [5, 5.41) is 0. The summed E-state index contributed by atoms with van der Waals surface area (Å²) in [5.41, 5.74) is 0. The van der Waals surface area contributed by atoms with E-state index in [2.05, 4.69) is 16.6 Å². The SMILES string of the molecule is CC1CCN(S(=O)(=O)c2ccc(S(=O)(=O)Nc3ccccn3)cc2)CC1. The molecular formula is C17H21N3O4S2. The summed E-state index contributed by atoms with van der Waals surface area (Å²) in [6.45, 7) is 3.09. The third kappa shape index (κ3) is 4.05. The Kier molecular flexibility index (Phi) is 5.31. The second kappa shape index (κ2) is 7.34. The molecule has 0 aliphatic carbocycles. The van der Waals surface area contributed by atoms with E-state index in [4.69, 9.17) is 0 Å². The number of anilines is 1. The van der Waals surface area contributed by atoms with Crippen molar-refractivity contribution in [1.82, 2.24) is 9.29 Å². The number of nitrogens with zero attached hydrogens (tertiary/aromatic N) is 2. The first kappa shape index (κ1) is 18.8. The Morgan fingerprint density at radius 2 is 1.58 bits per heavy atom. The van der Waals surface area contributed by atoms with Gasteiger partial charge in [0, 0.05) is 19.3 Å². The van der Waals surface area contributed by atoms with Crippen molar-refractivity contribution in [3.8, 4) is 0 Å². The standard InChI is InChI=1S/C17H21N3O4S2/c1-14-9-12-20(13-10-14)26(23,24)16-7-5-15(6-8-16)25(21,22)19-17-4-2-3-11-18-17/h2-8,11,14H,9-10,12-13H2,1H3,(H,18,19). The lowest BCUT2D eigenvalue weighted by atomic mass is 10.0. The summed E-state index contributed by atoms with van der Waals surface area (Å²) in [6, 6.07) is 10.1. The predicted octanol–water partition coefficient (Wildman–Crippen LogP) is 2.30. The molecule has 0 atom stereocenters. The average molecular weight is 396 g/mol. The van der Waals surface area contributed by atoms with Crippen LogP contribution in [0.3, 0.4) is 0 Å². The van der Waals surface area contributed by atoms with E-state index < -0.39 is 20.0 Å². The Labute approximate surface area is 154 Å². The zero-order valence-electron chi connectivity index (χ0n) is 14.4. The Balaban J connectivity index is 1.79. The van der Waals surface area contributed by atoms with Crippen LogP contribution in [-0.4, -0.2) is 39.2 Å². The Bertz CT molecular complexity index is 951. The van der Waals surface area contributed by atoms with E-state index in [1.165, 1.54) is 40.8 Å². The van der Waals surface area contributed by atoms with Crippen molar-refractivity contribution in [3.63, 3.8) is 0 Å². The van der Waals surface area contributed by atoms with Gasteiger partial charge in [-0.3, -0.25) is 4.72 Å². The Hall–Kier alpha value is -1.97. The molecule has 1 aliphatic rings. The van der Waals surface area contributed by atoms with Crippen LogP contribution in [-0.2, 0) is 20.0 Å². The fourth-order valence-corrected chi connectivity index (χ4v) is 5.26. The topological polar surface area (TPSA) is 96.4 Å². The molecule has 1 aromatic heterocycles. The van der Waals surface area contributed by atoms with Gasteiger partial charge in [-0.05, 0) is 55.2 Å². The molecule has 9 heteroatoms. The van der Waals surface area contributed by atoms with Crippen LogP contribution < -0.4 is 4.72 Å². The number of aromatic nitrogens is 1. The molecule has 2 aromatic rings. The van der Waals surface area contributed by atoms with Gasteiger partial charge >= 0.3 is 0 Å². The molecule has 1 fully saturated rings. The molecule has 0 amide bonds. The van der Waals surface area contributed by atoms with E-state index in [-0.39, 0.29) is 15.6 Å². The van der Waals surface area contributed by atoms with Crippen LogP contribution in [0.1, 0.15) is 19.8 Å². The van der Waals surface area contributed by atoms with E-state index in [9.17, 15) is 16.8 Å². The van der Waals surface area contributed by atoms with E-state index in [0.29, 0.717) is 19.0 Å². The minimum Gasteiger partial charge on any atom is -0.263 e. The predicted molar refractivity (Wildman–Crippen MR) is 98.6 cm³/mol. The van der Waals surface area contributed by atoms with Crippen molar-refractivity contribution in [1.29, 1.82) is 0 Å². The molecule has 0 radical (unpaired) electrons. The smallest absolute Gasteiger partial charge is 0.263 e. The first-order chi connectivity index (χ1) is 12.3. The number of benzene rings is 1. The molecule has 2 heterocycles. The fraction of sp³-hybridized carbons (Fsp3) is 0.353. The van der Waals surface area contributed by atoms with Crippen molar-refractivity contribution in [2.75, 3.05) is 17.8 Å². The lowest BCUT2D eigenvalue weighted by molar-refractivity contribution is 0.288. The van der Waals surface area contributed by atoms with E-state index in [1.807, 2.05) is 0 Å². The Morgan fingerprint density at radius 3 is 2.15 bits per heavy atom. The lowest BCUT2D eigenvalue weighted by Gasteiger charge is -2.29. The molecule has 0 saturated carbocycles. The fourth-order valence-electron chi connectivity index (χ4n) is 2.78. The van der Waals surface area contributed by atoms with Crippen molar-refractivity contribution >= 4 is 25.9 Å². The van der Waals surface area contributed by atoms with Gasteiger partial charge in [0.1, 0.15) is 5.82 Å². The molecule has 1 N–H and O–H groups in total. The van der Waals surface area contributed by atoms with Crippen LogP contribution in [0.5, 0.6) is 0 Å². The number of sulfonamides is 2. The zero-order valence-corrected chi connectivity index (χ0v) is 16.0. The zero-order chi connectivity index (χ0) is 18.8. The lowest BCUT2D eigenvalue weighted by Crippen LogP contribution is -2.37. The average Bonchev–Trinajstić information content (AvgIpc) is 2.63. The maximum atomic E-state index is 12.7. The van der Waals surface area contributed by atoms with E-state index in [0.717, 1.165) is 12.8 Å². The summed E-state index contributed by atoms with van der Waals surface area (Å²) in [4.78, 5) is 4.00. The highest BCUT2D eigenvalue weighted by molar-refractivity contribution is 7.92. The number of nitrogens with one attached hydrogen (secondary N) is 1. The van der Waals surface area contributed by atoms with Crippen LogP contribution in [0.15, 0.2) is 58.5 Å². The van der Waals surface area contributed by atoms with E-state index >= 15 is 0 Å². The van der Waals surface area contributed by atoms with Crippen LogP contribution >= 0.6 is 0 Å². The number of hydrogen-bond donors (Lipinski definition) is 1. The summed E-state index contributed by atoms with van der Waals surface area (Å²) < 4.78 is 54.0. The maximum absolute atomic E-state index is 12.7. The molecule has 0 unspecified atom stereocenters. The van der Waals surface area contributed by atoms with Gasteiger partial charge in [0.15, 0.2) is 0 Å². The quantitative estimate of drug-likeness (QED) is 0.838. The van der Waals surface area contributed by atoms with Gasteiger partial charge in [-0.1, -0.05) is 13.0 Å². The second-order valence-electron chi connectivity index (χ2n) is 6.38.